The lowest BCUT2D eigenvalue weighted by molar-refractivity contribution is 0.0784. The van der Waals surface area contributed by atoms with E-state index in [1.54, 1.807) is 31.1 Å². The van der Waals surface area contributed by atoms with Gasteiger partial charge in [-0.1, -0.05) is 23.7 Å². The molecular weight excluding hydrogens is 274 g/mol. The molecule has 0 aliphatic rings. The zero-order chi connectivity index (χ0) is 14.7. The Bertz CT molecular complexity index is 626. The van der Waals surface area contributed by atoms with Crippen molar-refractivity contribution >= 4 is 23.2 Å². The van der Waals surface area contributed by atoms with Crippen molar-refractivity contribution in [2.24, 2.45) is 0 Å². The third-order valence-electron chi connectivity index (χ3n) is 3.02. The Balaban J connectivity index is 2.16. The van der Waals surface area contributed by atoms with Crippen LogP contribution in [0.15, 0.2) is 36.5 Å². The molecule has 0 atom stereocenters. The average Bonchev–Trinajstić information content (AvgIpc) is 2.43. The topological polar surface area (TPSA) is 59.2 Å². The lowest BCUT2D eigenvalue weighted by Gasteiger charge is -2.18. The quantitative estimate of drug-likeness (QED) is 0.945. The number of benzene rings is 1. The van der Waals surface area contributed by atoms with Crippen LogP contribution in [0.1, 0.15) is 21.6 Å². The maximum atomic E-state index is 12.4. The minimum absolute atomic E-state index is 0.0998. The number of hydrogen-bond acceptors (Lipinski definition) is 3. The van der Waals surface area contributed by atoms with Crippen LogP contribution in [0.25, 0.3) is 0 Å². The fraction of sp³-hybridized carbons (Fsp3) is 0.200. The zero-order valence-electron chi connectivity index (χ0n) is 11.4. The SMILES string of the molecule is Cc1ncc(N)cc1C(=O)N(C)Cc1ccc(Cl)cc1. The number of amides is 1. The molecule has 1 heterocycles. The Labute approximate surface area is 123 Å². The van der Waals surface area contributed by atoms with Crippen LogP contribution in [-0.2, 0) is 6.54 Å². The molecule has 0 fully saturated rings. The lowest BCUT2D eigenvalue weighted by atomic mass is 10.1. The highest BCUT2D eigenvalue weighted by Crippen LogP contribution is 2.15. The van der Waals surface area contributed by atoms with Gasteiger partial charge in [0.1, 0.15) is 0 Å². The summed E-state index contributed by atoms with van der Waals surface area (Å²) >= 11 is 5.84. The maximum Gasteiger partial charge on any atom is 0.255 e. The van der Waals surface area contributed by atoms with Crippen LogP contribution in [0.4, 0.5) is 5.69 Å². The monoisotopic (exact) mass is 289 g/mol. The van der Waals surface area contributed by atoms with E-state index in [4.69, 9.17) is 17.3 Å². The van der Waals surface area contributed by atoms with Crippen LogP contribution >= 0.6 is 11.6 Å². The molecule has 0 saturated carbocycles. The molecule has 5 heteroatoms. The number of carbonyl (C=O) groups is 1. The molecule has 1 aromatic carbocycles. The molecular formula is C15H16ClN3O. The third kappa shape index (κ3) is 3.27. The number of nitrogens with two attached hydrogens (primary N) is 1. The molecule has 104 valence electrons. The molecule has 0 aliphatic heterocycles. The van der Waals surface area contributed by atoms with E-state index < -0.39 is 0 Å². The first-order valence-electron chi connectivity index (χ1n) is 6.19. The number of nitrogens with zero attached hydrogens (tertiary/aromatic N) is 2. The molecule has 2 aromatic rings. The van der Waals surface area contributed by atoms with Crippen molar-refractivity contribution in [3.05, 3.63) is 58.4 Å². The van der Waals surface area contributed by atoms with E-state index >= 15 is 0 Å². The Morgan fingerprint density at radius 2 is 2.00 bits per heavy atom. The van der Waals surface area contributed by atoms with E-state index in [0.717, 1.165) is 5.56 Å². The van der Waals surface area contributed by atoms with Gasteiger partial charge in [-0.3, -0.25) is 9.78 Å². The predicted molar refractivity (Wildman–Crippen MR) is 80.6 cm³/mol. The standard InChI is InChI=1S/C15H16ClN3O/c1-10-14(7-13(17)8-18-10)15(20)19(2)9-11-3-5-12(16)6-4-11/h3-8H,9,17H2,1-2H3. The van der Waals surface area contributed by atoms with Gasteiger partial charge in [0.25, 0.3) is 5.91 Å². The summed E-state index contributed by atoms with van der Waals surface area (Å²) in [4.78, 5) is 18.1. The fourth-order valence-corrected chi connectivity index (χ4v) is 2.03. The van der Waals surface area contributed by atoms with Gasteiger partial charge in [0.2, 0.25) is 0 Å². The summed E-state index contributed by atoms with van der Waals surface area (Å²) in [7, 11) is 1.75. The molecule has 0 aliphatic carbocycles. The molecule has 0 saturated heterocycles. The van der Waals surface area contributed by atoms with Gasteiger partial charge in [0, 0.05) is 18.6 Å². The summed E-state index contributed by atoms with van der Waals surface area (Å²) in [5.41, 5.74) is 8.39. The maximum absolute atomic E-state index is 12.4. The Morgan fingerprint density at radius 3 is 2.65 bits per heavy atom. The molecule has 0 unspecified atom stereocenters. The number of halogens is 1. The van der Waals surface area contributed by atoms with E-state index in [-0.39, 0.29) is 5.91 Å². The number of anilines is 1. The van der Waals surface area contributed by atoms with Gasteiger partial charge in [-0.25, -0.2) is 0 Å². The van der Waals surface area contributed by atoms with E-state index in [2.05, 4.69) is 4.98 Å². The van der Waals surface area contributed by atoms with E-state index in [1.807, 2.05) is 24.3 Å². The van der Waals surface area contributed by atoms with E-state index in [0.29, 0.717) is 28.5 Å². The minimum atomic E-state index is -0.0998. The normalized spacial score (nSPS) is 10.3. The molecule has 20 heavy (non-hydrogen) atoms. The number of hydrogen-bond donors (Lipinski definition) is 1. The van der Waals surface area contributed by atoms with Crippen molar-refractivity contribution in [2.45, 2.75) is 13.5 Å². The first kappa shape index (κ1) is 14.3. The van der Waals surface area contributed by atoms with Gasteiger partial charge in [0.15, 0.2) is 0 Å². The number of rotatable bonds is 3. The fourth-order valence-electron chi connectivity index (χ4n) is 1.91. The second-order valence-electron chi connectivity index (χ2n) is 4.69. The first-order valence-corrected chi connectivity index (χ1v) is 6.57. The molecule has 2 N–H and O–H groups in total. The van der Waals surface area contributed by atoms with Crippen molar-refractivity contribution in [3.63, 3.8) is 0 Å². The van der Waals surface area contributed by atoms with Crippen molar-refractivity contribution in [1.82, 2.24) is 9.88 Å². The van der Waals surface area contributed by atoms with Crippen molar-refractivity contribution in [3.8, 4) is 0 Å². The summed E-state index contributed by atoms with van der Waals surface area (Å²) in [5, 5.41) is 0.679. The Hall–Kier alpha value is -2.07. The second-order valence-corrected chi connectivity index (χ2v) is 5.13. The summed E-state index contributed by atoms with van der Waals surface area (Å²) in [6, 6.07) is 9.07. The zero-order valence-corrected chi connectivity index (χ0v) is 12.2. The van der Waals surface area contributed by atoms with Gasteiger partial charge in [-0.05, 0) is 30.7 Å². The average molecular weight is 290 g/mol. The van der Waals surface area contributed by atoms with Crippen LogP contribution < -0.4 is 5.73 Å². The smallest absolute Gasteiger partial charge is 0.255 e. The molecule has 4 nitrogen and oxygen atoms in total. The third-order valence-corrected chi connectivity index (χ3v) is 3.27. The second kappa shape index (κ2) is 5.92. The van der Waals surface area contributed by atoms with Crippen molar-refractivity contribution in [2.75, 3.05) is 12.8 Å². The van der Waals surface area contributed by atoms with Crippen molar-refractivity contribution in [1.29, 1.82) is 0 Å². The highest BCUT2D eigenvalue weighted by molar-refractivity contribution is 6.30. The van der Waals surface area contributed by atoms with Gasteiger partial charge in [-0.2, -0.15) is 0 Å². The highest BCUT2D eigenvalue weighted by atomic mass is 35.5. The predicted octanol–water partition coefficient (Wildman–Crippen LogP) is 2.90. The summed E-state index contributed by atoms with van der Waals surface area (Å²) in [6.45, 7) is 2.30. The van der Waals surface area contributed by atoms with Crippen LogP contribution in [0.2, 0.25) is 5.02 Å². The van der Waals surface area contributed by atoms with Gasteiger partial charge >= 0.3 is 0 Å². The van der Waals surface area contributed by atoms with Crippen LogP contribution in [0, 0.1) is 6.92 Å². The Kier molecular flexibility index (Phi) is 4.25. The number of carbonyl (C=O) groups excluding carboxylic acids is 1. The van der Waals surface area contributed by atoms with Gasteiger partial charge in [-0.15, -0.1) is 0 Å². The molecule has 0 spiro atoms. The van der Waals surface area contributed by atoms with Crippen molar-refractivity contribution < 1.29 is 4.79 Å². The largest absolute Gasteiger partial charge is 0.397 e. The molecule has 0 bridgehead atoms. The minimum Gasteiger partial charge on any atom is -0.397 e. The van der Waals surface area contributed by atoms with Crippen LogP contribution in [-0.4, -0.2) is 22.8 Å². The summed E-state index contributed by atoms with van der Waals surface area (Å²) < 4.78 is 0. The van der Waals surface area contributed by atoms with Crippen LogP contribution in [0.5, 0.6) is 0 Å². The summed E-state index contributed by atoms with van der Waals surface area (Å²) in [5.74, 6) is -0.0998. The lowest BCUT2D eigenvalue weighted by Crippen LogP contribution is -2.27. The molecule has 2 rings (SSSR count). The summed E-state index contributed by atoms with van der Waals surface area (Å²) in [6.07, 6.45) is 1.55. The number of nitrogen functional groups attached to an aromatic ring is 1. The highest BCUT2D eigenvalue weighted by Gasteiger charge is 2.15. The molecule has 1 aromatic heterocycles. The van der Waals surface area contributed by atoms with E-state index in [1.165, 1.54) is 0 Å². The number of aromatic nitrogens is 1. The van der Waals surface area contributed by atoms with Gasteiger partial charge in [0.05, 0.1) is 23.1 Å². The van der Waals surface area contributed by atoms with E-state index in [9.17, 15) is 4.79 Å². The first-order chi connectivity index (χ1) is 9.47. The molecule has 0 radical (unpaired) electrons. The molecule has 1 amide bonds. The number of pyridine rings is 1. The Morgan fingerprint density at radius 1 is 1.35 bits per heavy atom. The van der Waals surface area contributed by atoms with Gasteiger partial charge < -0.3 is 10.6 Å². The van der Waals surface area contributed by atoms with Crippen LogP contribution in [0.3, 0.4) is 0 Å². The number of aryl methyl sites for hydroxylation is 1.